The van der Waals surface area contributed by atoms with Gasteiger partial charge in [-0.15, -0.1) is 0 Å². The van der Waals surface area contributed by atoms with Crippen molar-refractivity contribution in [3.63, 3.8) is 0 Å². The van der Waals surface area contributed by atoms with Gasteiger partial charge < -0.3 is 10.0 Å². The second kappa shape index (κ2) is 8.45. The Morgan fingerprint density at radius 3 is 2.04 bits per heavy atom. The largest absolute Gasteiger partial charge is 0.494 e. The minimum atomic E-state index is -0.436. The van der Waals surface area contributed by atoms with Crippen LogP contribution in [0.2, 0.25) is 0 Å². The lowest BCUT2D eigenvalue weighted by molar-refractivity contribution is 0.396. The summed E-state index contributed by atoms with van der Waals surface area (Å²) in [5, 5.41) is 20.4. The van der Waals surface area contributed by atoms with Crippen molar-refractivity contribution in [2.75, 3.05) is 4.90 Å². The summed E-state index contributed by atoms with van der Waals surface area (Å²) >= 11 is 0. The summed E-state index contributed by atoms with van der Waals surface area (Å²) < 4.78 is 1.30. The van der Waals surface area contributed by atoms with Gasteiger partial charge in [-0.25, -0.2) is 0 Å². The summed E-state index contributed by atoms with van der Waals surface area (Å²) in [6, 6.07) is 21.7. The second-order valence-corrected chi connectivity index (χ2v) is 6.63. The first kappa shape index (κ1) is 19.2. The lowest BCUT2D eigenvalue weighted by Crippen LogP contribution is -2.27. The lowest BCUT2D eigenvalue weighted by Gasteiger charge is -2.27. The van der Waals surface area contributed by atoms with Crippen LogP contribution in [0.1, 0.15) is 30.0 Å². The molecule has 0 unspecified atom stereocenters. The molecule has 0 saturated heterocycles. The fraction of sp³-hybridized carbons (Fsp3) is 0.217. The number of hydrogen-bond acceptors (Lipinski definition) is 4. The first-order valence-electron chi connectivity index (χ1n) is 9.31. The van der Waals surface area contributed by atoms with Gasteiger partial charge in [-0.3, -0.25) is 9.36 Å². The number of hydrogen-bond donors (Lipinski definition) is 1. The normalized spacial score (nSPS) is 10.5. The van der Waals surface area contributed by atoms with Crippen LogP contribution in [0.25, 0.3) is 0 Å². The minimum Gasteiger partial charge on any atom is -0.494 e. The molecule has 0 spiro atoms. The zero-order valence-corrected chi connectivity index (χ0v) is 16.1. The molecule has 5 heteroatoms. The topological polar surface area (TPSA) is 69.3 Å². The van der Waals surface area contributed by atoms with Crippen molar-refractivity contribution in [1.82, 2.24) is 4.57 Å². The fourth-order valence-electron chi connectivity index (χ4n) is 3.33. The third-order valence-electron chi connectivity index (χ3n) is 4.82. The zero-order valence-electron chi connectivity index (χ0n) is 16.1. The maximum atomic E-state index is 12.6. The van der Waals surface area contributed by atoms with Crippen LogP contribution in [0.15, 0.2) is 65.5 Å². The number of benzene rings is 2. The molecule has 0 saturated carbocycles. The molecular formula is C23H23N3O2. The Balaban J connectivity index is 2.18. The molecule has 0 atom stereocenters. The van der Waals surface area contributed by atoms with E-state index in [0.717, 1.165) is 11.4 Å². The summed E-state index contributed by atoms with van der Waals surface area (Å²) in [6.45, 7) is 4.35. The van der Waals surface area contributed by atoms with E-state index in [1.807, 2.05) is 73.7 Å². The molecule has 3 rings (SSSR count). The number of rotatable bonds is 6. The fourth-order valence-corrected chi connectivity index (χ4v) is 3.33. The van der Waals surface area contributed by atoms with Crippen LogP contribution in [0.5, 0.6) is 5.88 Å². The van der Waals surface area contributed by atoms with Gasteiger partial charge in [0, 0.05) is 23.5 Å². The number of nitrogens with zero attached hydrogens (tertiary/aromatic N) is 3. The average molecular weight is 373 g/mol. The van der Waals surface area contributed by atoms with E-state index in [4.69, 9.17) is 0 Å². The third-order valence-corrected chi connectivity index (χ3v) is 4.82. The van der Waals surface area contributed by atoms with Crippen LogP contribution in [0.4, 0.5) is 11.4 Å². The molecule has 1 heterocycles. The molecule has 0 aliphatic rings. The van der Waals surface area contributed by atoms with Crippen molar-refractivity contribution in [3.8, 4) is 11.9 Å². The Hall–Kier alpha value is -3.52. The van der Waals surface area contributed by atoms with Gasteiger partial charge in [-0.2, -0.15) is 5.26 Å². The molecule has 0 bridgehead atoms. The molecule has 0 amide bonds. The van der Waals surface area contributed by atoms with Crippen molar-refractivity contribution < 1.29 is 5.11 Å². The van der Waals surface area contributed by atoms with E-state index < -0.39 is 5.56 Å². The number of pyridine rings is 1. The van der Waals surface area contributed by atoms with Gasteiger partial charge in [0.25, 0.3) is 5.56 Å². The van der Waals surface area contributed by atoms with Crippen molar-refractivity contribution in [2.24, 2.45) is 0 Å². The number of aromatic nitrogens is 1. The monoisotopic (exact) mass is 373 g/mol. The van der Waals surface area contributed by atoms with Crippen LogP contribution < -0.4 is 10.5 Å². The van der Waals surface area contributed by atoms with Gasteiger partial charge in [0.05, 0.1) is 6.54 Å². The van der Waals surface area contributed by atoms with Gasteiger partial charge in [0.2, 0.25) is 0 Å². The maximum absolute atomic E-state index is 12.6. The summed E-state index contributed by atoms with van der Waals surface area (Å²) in [5.41, 5.74) is 2.67. The summed E-state index contributed by atoms with van der Waals surface area (Å²) in [5.74, 6) is -0.0692. The molecule has 142 valence electrons. The van der Waals surface area contributed by atoms with Gasteiger partial charge in [-0.1, -0.05) is 43.3 Å². The van der Waals surface area contributed by atoms with Gasteiger partial charge >= 0.3 is 0 Å². The number of para-hydroxylation sites is 2. The highest BCUT2D eigenvalue weighted by atomic mass is 16.3. The minimum absolute atomic E-state index is 0.0692. The zero-order chi connectivity index (χ0) is 20.1. The van der Waals surface area contributed by atoms with Crippen LogP contribution in [0, 0.1) is 18.3 Å². The maximum Gasteiger partial charge on any atom is 0.271 e. The van der Waals surface area contributed by atoms with E-state index in [1.54, 1.807) is 6.92 Å². The molecule has 0 aliphatic carbocycles. The van der Waals surface area contributed by atoms with Crippen LogP contribution in [0.3, 0.4) is 0 Å². The van der Waals surface area contributed by atoms with Crippen molar-refractivity contribution in [2.45, 2.75) is 33.4 Å². The molecule has 0 aliphatic heterocycles. The van der Waals surface area contributed by atoms with Gasteiger partial charge in [0.15, 0.2) is 5.88 Å². The Kier molecular flexibility index (Phi) is 5.81. The molecule has 5 nitrogen and oxygen atoms in total. The molecule has 3 aromatic rings. The highest BCUT2D eigenvalue weighted by Crippen LogP contribution is 2.31. The van der Waals surface area contributed by atoms with Crippen molar-refractivity contribution >= 4 is 11.4 Å². The first-order chi connectivity index (χ1) is 13.6. The van der Waals surface area contributed by atoms with Crippen LogP contribution >= 0.6 is 0 Å². The van der Waals surface area contributed by atoms with E-state index in [-0.39, 0.29) is 11.4 Å². The third kappa shape index (κ3) is 3.63. The highest BCUT2D eigenvalue weighted by Gasteiger charge is 2.21. The van der Waals surface area contributed by atoms with Gasteiger partial charge in [0.1, 0.15) is 11.6 Å². The smallest absolute Gasteiger partial charge is 0.271 e. The van der Waals surface area contributed by atoms with Crippen LogP contribution in [-0.4, -0.2) is 9.67 Å². The standard InChI is InChI=1S/C23H23N3O2/c1-3-14-25-22(27)20(15-24)17(2)21(23(25)28)16-26(18-10-6-4-7-11-18)19-12-8-5-9-13-19/h4-13,28H,3,14,16H2,1-2H3. The summed E-state index contributed by atoms with van der Waals surface area (Å²) in [7, 11) is 0. The lowest BCUT2D eigenvalue weighted by atomic mass is 10.0. The predicted molar refractivity (Wildman–Crippen MR) is 111 cm³/mol. The molecule has 2 aromatic carbocycles. The molecule has 28 heavy (non-hydrogen) atoms. The number of aromatic hydroxyl groups is 1. The predicted octanol–water partition coefficient (Wildman–Crippen LogP) is 4.48. The summed E-state index contributed by atoms with van der Waals surface area (Å²) in [6.07, 6.45) is 0.682. The Labute approximate surface area is 164 Å². The molecule has 0 fully saturated rings. The van der Waals surface area contributed by atoms with Crippen molar-refractivity contribution in [1.29, 1.82) is 5.26 Å². The number of nitriles is 1. The van der Waals surface area contributed by atoms with E-state index in [9.17, 15) is 15.2 Å². The Morgan fingerprint density at radius 1 is 1.04 bits per heavy atom. The molecule has 1 aromatic heterocycles. The van der Waals surface area contributed by atoms with Crippen molar-refractivity contribution in [3.05, 3.63) is 87.7 Å². The Morgan fingerprint density at radius 2 is 1.57 bits per heavy atom. The average Bonchev–Trinajstić information content (AvgIpc) is 2.73. The molecule has 0 radical (unpaired) electrons. The molecular weight excluding hydrogens is 350 g/mol. The van der Waals surface area contributed by atoms with E-state index in [2.05, 4.69) is 4.90 Å². The Bertz CT molecular complexity index is 1010. The second-order valence-electron chi connectivity index (χ2n) is 6.63. The van der Waals surface area contributed by atoms with E-state index >= 15 is 0 Å². The first-order valence-corrected chi connectivity index (χ1v) is 9.31. The number of anilines is 2. The highest BCUT2D eigenvalue weighted by molar-refractivity contribution is 5.64. The summed E-state index contributed by atoms with van der Waals surface area (Å²) in [4.78, 5) is 14.6. The van der Waals surface area contributed by atoms with E-state index in [0.29, 0.717) is 30.6 Å². The van der Waals surface area contributed by atoms with Crippen LogP contribution in [-0.2, 0) is 13.1 Å². The molecule has 1 N–H and O–H groups in total. The SMILES string of the molecule is CCCn1c(O)c(CN(c2ccccc2)c2ccccc2)c(C)c(C#N)c1=O. The van der Waals surface area contributed by atoms with Gasteiger partial charge in [-0.05, 0) is 43.2 Å². The quantitative estimate of drug-likeness (QED) is 0.691. The van der Waals surface area contributed by atoms with E-state index in [1.165, 1.54) is 4.57 Å².